The third kappa shape index (κ3) is 7.72. The maximum Gasteiger partial charge on any atom is 0.251 e. The highest BCUT2D eigenvalue weighted by atomic mass is 35.5. The Kier molecular flexibility index (Phi) is 9.92. The average Bonchev–Trinajstić information content (AvgIpc) is 2.91. The fraction of sp³-hybridized carbons (Fsp3) is 0.296. The van der Waals surface area contributed by atoms with E-state index in [1.54, 1.807) is 46.4 Å². The Morgan fingerprint density at radius 2 is 1.62 bits per heavy atom. The van der Waals surface area contributed by atoms with E-state index in [0.29, 0.717) is 59.8 Å². The van der Waals surface area contributed by atoms with E-state index in [1.807, 2.05) is 42.5 Å². The predicted octanol–water partition coefficient (Wildman–Crippen LogP) is 5.16. The Labute approximate surface area is 233 Å². The standard InChI is InChI=1S/C27H29Cl2N3O3S2/c28-24-11-10-23(26(29)18-24)20-36-17-12-30-27(33)22-8-6-21(7-9-22)19-31-13-15-32(16-14-31)37(34,35)25-4-2-1-3-5-25/h1-11,18H,12-17,19-20H2,(H,30,33). The largest absolute Gasteiger partial charge is 0.351 e. The number of piperazine rings is 1. The Hall–Kier alpha value is -2.07. The first kappa shape index (κ1) is 28.0. The number of nitrogens with zero attached hydrogens (tertiary/aromatic N) is 2. The quantitative estimate of drug-likeness (QED) is 0.337. The number of hydrogen-bond acceptors (Lipinski definition) is 5. The van der Waals surface area contributed by atoms with Crippen molar-refractivity contribution in [1.82, 2.24) is 14.5 Å². The lowest BCUT2D eigenvalue weighted by Gasteiger charge is -2.34. The summed E-state index contributed by atoms with van der Waals surface area (Å²) in [6, 6.07) is 21.6. The maximum atomic E-state index is 12.8. The molecule has 37 heavy (non-hydrogen) atoms. The molecule has 0 saturated carbocycles. The maximum absolute atomic E-state index is 12.8. The molecule has 1 fully saturated rings. The first-order valence-corrected chi connectivity index (χ1v) is 15.3. The highest BCUT2D eigenvalue weighted by Crippen LogP contribution is 2.24. The summed E-state index contributed by atoms with van der Waals surface area (Å²) in [5.74, 6) is 1.43. The minimum absolute atomic E-state index is 0.101. The van der Waals surface area contributed by atoms with Crippen molar-refractivity contribution >= 4 is 50.9 Å². The monoisotopic (exact) mass is 577 g/mol. The van der Waals surface area contributed by atoms with Gasteiger partial charge < -0.3 is 5.32 Å². The van der Waals surface area contributed by atoms with E-state index in [4.69, 9.17) is 23.2 Å². The number of halogens is 2. The lowest BCUT2D eigenvalue weighted by molar-refractivity contribution is 0.0956. The molecule has 6 nitrogen and oxygen atoms in total. The van der Waals surface area contributed by atoms with Gasteiger partial charge >= 0.3 is 0 Å². The summed E-state index contributed by atoms with van der Waals surface area (Å²) in [5.41, 5.74) is 2.73. The first-order valence-electron chi connectivity index (χ1n) is 12.0. The van der Waals surface area contributed by atoms with Crippen molar-refractivity contribution in [2.24, 2.45) is 0 Å². The molecule has 1 N–H and O–H groups in total. The summed E-state index contributed by atoms with van der Waals surface area (Å²) in [7, 11) is -3.45. The van der Waals surface area contributed by atoms with Crippen molar-refractivity contribution in [3.05, 3.63) is 99.5 Å². The van der Waals surface area contributed by atoms with E-state index in [0.717, 1.165) is 22.6 Å². The first-order chi connectivity index (χ1) is 17.8. The van der Waals surface area contributed by atoms with Crippen LogP contribution in [-0.2, 0) is 22.3 Å². The summed E-state index contributed by atoms with van der Waals surface area (Å²) in [6.07, 6.45) is 0. The van der Waals surface area contributed by atoms with Crippen LogP contribution in [-0.4, -0.2) is 62.0 Å². The predicted molar refractivity (Wildman–Crippen MR) is 152 cm³/mol. The van der Waals surface area contributed by atoms with Crippen LogP contribution in [0, 0.1) is 0 Å². The molecule has 0 aliphatic carbocycles. The second kappa shape index (κ2) is 13.1. The van der Waals surface area contributed by atoms with Crippen molar-refractivity contribution in [2.45, 2.75) is 17.2 Å². The summed E-state index contributed by atoms with van der Waals surface area (Å²) in [6.45, 7) is 3.51. The Bertz CT molecular complexity index is 1300. The summed E-state index contributed by atoms with van der Waals surface area (Å²) >= 11 is 13.8. The Morgan fingerprint density at radius 1 is 0.919 bits per heavy atom. The molecule has 1 amide bonds. The van der Waals surface area contributed by atoms with E-state index in [-0.39, 0.29) is 5.91 Å². The van der Waals surface area contributed by atoms with Crippen LogP contribution in [0.15, 0.2) is 77.7 Å². The van der Waals surface area contributed by atoms with E-state index < -0.39 is 10.0 Å². The van der Waals surface area contributed by atoms with Crippen LogP contribution >= 0.6 is 35.0 Å². The molecule has 196 valence electrons. The van der Waals surface area contributed by atoms with Gasteiger partial charge in [-0.25, -0.2) is 8.42 Å². The zero-order chi connectivity index (χ0) is 26.3. The lowest BCUT2D eigenvalue weighted by Crippen LogP contribution is -2.48. The van der Waals surface area contributed by atoms with Gasteiger partial charge in [0.2, 0.25) is 10.0 Å². The molecule has 10 heteroatoms. The Balaban J connectivity index is 1.18. The van der Waals surface area contributed by atoms with Gasteiger partial charge in [-0.15, -0.1) is 0 Å². The van der Waals surface area contributed by atoms with Crippen molar-refractivity contribution in [1.29, 1.82) is 0 Å². The van der Waals surface area contributed by atoms with E-state index in [9.17, 15) is 13.2 Å². The second-order valence-electron chi connectivity index (χ2n) is 8.73. The van der Waals surface area contributed by atoms with E-state index in [2.05, 4.69) is 10.2 Å². The molecule has 3 aromatic carbocycles. The van der Waals surface area contributed by atoms with Crippen molar-refractivity contribution < 1.29 is 13.2 Å². The molecule has 1 saturated heterocycles. The summed E-state index contributed by atoms with van der Waals surface area (Å²) < 4.78 is 27.2. The molecule has 4 rings (SSSR count). The van der Waals surface area contributed by atoms with Crippen LogP contribution in [0.5, 0.6) is 0 Å². The SMILES string of the molecule is O=C(NCCSCc1ccc(Cl)cc1Cl)c1ccc(CN2CCN(S(=O)(=O)c3ccccc3)CC2)cc1. The van der Waals surface area contributed by atoms with Gasteiger partial charge in [0.1, 0.15) is 0 Å². The number of rotatable bonds is 10. The molecular weight excluding hydrogens is 549 g/mol. The average molecular weight is 579 g/mol. The van der Waals surface area contributed by atoms with Gasteiger partial charge in [-0.05, 0) is 47.5 Å². The molecule has 0 bridgehead atoms. The zero-order valence-electron chi connectivity index (χ0n) is 20.3. The molecular formula is C27H29Cl2N3O3S2. The van der Waals surface area contributed by atoms with Crippen molar-refractivity contribution in [3.63, 3.8) is 0 Å². The van der Waals surface area contributed by atoms with Crippen molar-refractivity contribution in [2.75, 3.05) is 38.5 Å². The van der Waals surface area contributed by atoms with Crippen LogP contribution in [0.1, 0.15) is 21.5 Å². The van der Waals surface area contributed by atoms with Gasteiger partial charge in [0, 0.05) is 66.4 Å². The lowest BCUT2D eigenvalue weighted by atomic mass is 10.1. The molecule has 3 aromatic rings. The number of sulfonamides is 1. The van der Waals surface area contributed by atoms with Crippen LogP contribution < -0.4 is 5.32 Å². The highest BCUT2D eigenvalue weighted by Gasteiger charge is 2.28. The fourth-order valence-corrected chi connectivity index (χ4v) is 6.91. The van der Waals surface area contributed by atoms with Gasteiger partial charge in [0.05, 0.1) is 4.90 Å². The number of nitrogens with one attached hydrogen (secondary N) is 1. The van der Waals surface area contributed by atoms with Gasteiger partial charge in [0.15, 0.2) is 0 Å². The fourth-order valence-electron chi connectivity index (χ4n) is 4.05. The summed E-state index contributed by atoms with van der Waals surface area (Å²) in [4.78, 5) is 15.1. The molecule has 0 unspecified atom stereocenters. The second-order valence-corrected chi connectivity index (χ2v) is 12.6. The van der Waals surface area contributed by atoms with Crippen LogP contribution in [0.2, 0.25) is 10.0 Å². The summed E-state index contributed by atoms with van der Waals surface area (Å²) in [5, 5.41) is 4.23. The van der Waals surface area contributed by atoms with Crippen LogP contribution in [0.4, 0.5) is 0 Å². The smallest absolute Gasteiger partial charge is 0.251 e. The molecule has 1 aliphatic heterocycles. The molecule has 1 aliphatic rings. The zero-order valence-corrected chi connectivity index (χ0v) is 23.4. The topological polar surface area (TPSA) is 69.7 Å². The van der Waals surface area contributed by atoms with Gasteiger partial charge in [0.25, 0.3) is 5.91 Å². The third-order valence-electron chi connectivity index (χ3n) is 6.14. The van der Waals surface area contributed by atoms with E-state index >= 15 is 0 Å². The Morgan fingerprint density at radius 3 is 2.30 bits per heavy atom. The van der Waals surface area contributed by atoms with Crippen LogP contribution in [0.3, 0.4) is 0 Å². The number of benzene rings is 3. The van der Waals surface area contributed by atoms with Gasteiger partial charge in [-0.2, -0.15) is 16.1 Å². The number of carbonyl (C=O) groups excluding carboxylic acids is 1. The molecule has 0 aromatic heterocycles. The molecule has 0 spiro atoms. The van der Waals surface area contributed by atoms with Gasteiger partial charge in [-0.3, -0.25) is 9.69 Å². The third-order valence-corrected chi connectivity index (χ3v) is 9.65. The normalized spacial score (nSPS) is 15.0. The van der Waals surface area contributed by atoms with E-state index in [1.165, 1.54) is 0 Å². The number of carbonyl (C=O) groups is 1. The molecule has 0 atom stereocenters. The highest BCUT2D eigenvalue weighted by molar-refractivity contribution is 7.98. The van der Waals surface area contributed by atoms with Crippen LogP contribution in [0.25, 0.3) is 0 Å². The minimum atomic E-state index is -3.45. The van der Waals surface area contributed by atoms with Gasteiger partial charge in [-0.1, -0.05) is 59.6 Å². The number of hydrogen-bond donors (Lipinski definition) is 1. The van der Waals surface area contributed by atoms with Crippen molar-refractivity contribution in [3.8, 4) is 0 Å². The minimum Gasteiger partial charge on any atom is -0.351 e. The number of thioether (sulfide) groups is 1. The number of amides is 1. The molecule has 1 heterocycles. The molecule has 0 radical (unpaired) electrons.